The second-order valence-electron chi connectivity index (χ2n) is 6.00. The Bertz CT molecular complexity index is 470. The van der Waals surface area contributed by atoms with E-state index in [4.69, 9.17) is 0 Å². The average Bonchev–Trinajstić information content (AvgIpc) is 2.54. The van der Waals surface area contributed by atoms with E-state index in [2.05, 4.69) is 30.5 Å². The van der Waals surface area contributed by atoms with Crippen molar-refractivity contribution < 1.29 is 4.79 Å². The topological polar surface area (TPSA) is 41.1 Å². The summed E-state index contributed by atoms with van der Waals surface area (Å²) in [7, 11) is 0. The third kappa shape index (κ3) is 4.31. The summed E-state index contributed by atoms with van der Waals surface area (Å²) in [4.78, 5) is 12.5. The molecule has 1 aliphatic rings. The summed E-state index contributed by atoms with van der Waals surface area (Å²) < 4.78 is 0. The lowest BCUT2D eigenvalue weighted by Gasteiger charge is -2.21. The number of rotatable bonds is 7. The smallest absolute Gasteiger partial charge is 0.251 e. The Morgan fingerprint density at radius 1 is 1.38 bits per heavy atom. The van der Waals surface area contributed by atoms with Gasteiger partial charge in [-0.2, -0.15) is 0 Å². The molecule has 1 heterocycles. The summed E-state index contributed by atoms with van der Waals surface area (Å²) in [5.41, 5.74) is 3.38. The van der Waals surface area contributed by atoms with Crippen LogP contribution in [0.25, 0.3) is 0 Å². The van der Waals surface area contributed by atoms with Gasteiger partial charge in [0.25, 0.3) is 5.91 Å². The minimum atomic E-state index is 0.101. The van der Waals surface area contributed by atoms with Gasteiger partial charge in [0, 0.05) is 18.7 Å². The van der Waals surface area contributed by atoms with E-state index in [-0.39, 0.29) is 5.91 Å². The molecule has 1 aromatic carbocycles. The molecule has 0 saturated heterocycles. The molecule has 0 fully saturated rings. The van der Waals surface area contributed by atoms with Crippen molar-refractivity contribution in [3.05, 3.63) is 34.9 Å². The van der Waals surface area contributed by atoms with Crippen LogP contribution in [0.5, 0.6) is 0 Å². The summed E-state index contributed by atoms with van der Waals surface area (Å²) in [5, 5.41) is 6.51. The first-order chi connectivity index (χ1) is 10.3. The first kappa shape index (κ1) is 16.0. The Morgan fingerprint density at radius 2 is 2.24 bits per heavy atom. The summed E-state index contributed by atoms with van der Waals surface area (Å²) in [6, 6.07) is 6.08. The first-order valence-electron chi connectivity index (χ1n) is 8.35. The van der Waals surface area contributed by atoms with Gasteiger partial charge in [-0.1, -0.05) is 45.2 Å². The van der Waals surface area contributed by atoms with E-state index < -0.39 is 0 Å². The van der Waals surface area contributed by atoms with Gasteiger partial charge in [-0.25, -0.2) is 0 Å². The Balaban J connectivity index is 1.97. The molecule has 0 spiro atoms. The lowest BCUT2D eigenvalue weighted by molar-refractivity contribution is 0.0944. The second kappa shape index (κ2) is 8.18. The van der Waals surface area contributed by atoms with Crippen LogP contribution in [-0.2, 0) is 13.0 Å². The SMILES string of the molecule is CCCCC(CC)CNC(=O)c1cccc2c1CCNC2. The van der Waals surface area contributed by atoms with E-state index in [1.165, 1.54) is 30.4 Å². The highest BCUT2D eigenvalue weighted by atomic mass is 16.1. The van der Waals surface area contributed by atoms with Crippen molar-refractivity contribution in [2.75, 3.05) is 13.1 Å². The molecule has 3 nitrogen and oxygen atoms in total. The minimum Gasteiger partial charge on any atom is -0.352 e. The molecule has 1 aliphatic heterocycles. The molecule has 1 atom stereocenters. The number of nitrogens with one attached hydrogen (secondary N) is 2. The van der Waals surface area contributed by atoms with Gasteiger partial charge in [0.2, 0.25) is 0 Å². The number of amides is 1. The average molecular weight is 288 g/mol. The Kier molecular flexibility index (Phi) is 6.24. The Labute approximate surface area is 128 Å². The third-order valence-corrected chi connectivity index (χ3v) is 4.48. The van der Waals surface area contributed by atoms with Gasteiger partial charge in [-0.05, 0) is 42.5 Å². The normalized spacial score (nSPS) is 15.3. The highest BCUT2D eigenvalue weighted by molar-refractivity contribution is 5.96. The van der Waals surface area contributed by atoms with Crippen molar-refractivity contribution in [3.63, 3.8) is 0 Å². The van der Waals surface area contributed by atoms with Gasteiger partial charge >= 0.3 is 0 Å². The van der Waals surface area contributed by atoms with Gasteiger partial charge in [-0.3, -0.25) is 4.79 Å². The van der Waals surface area contributed by atoms with Crippen molar-refractivity contribution in [1.82, 2.24) is 10.6 Å². The van der Waals surface area contributed by atoms with E-state index >= 15 is 0 Å². The number of hydrogen-bond acceptors (Lipinski definition) is 2. The predicted molar refractivity (Wildman–Crippen MR) is 87.5 cm³/mol. The van der Waals surface area contributed by atoms with Gasteiger partial charge in [0.15, 0.2) is 0 Å². The number of carbonyl (C=O) groups excluding carboxylic acids is 1. The van der Waals surface area contributed by atoms with Crippen molar-refractivity contribution in [2.45, 2.75) is 52.5 Å². The van der Waals surface area contributed by atoms with Gasteiger partial charge in [0.1, 0.15) is 0 Å². The summed E-state index contributed by atoms with van der Waals surface area (Å²) in [6.45, 7) is 7.07. The number of benzene rings is 1. The zero-order chi connectivity index (χ0) is 15.1. The van der Waals surface area contributed by atoms with E-state index in [1.807, 2.05) is 12.1 Å². The zero-order valence-corrected chi connectivity index (χ0v) is 13.4. The van der Waals surface area contributed by atoms with E-state index in [0.717, 1.165) is 38.0 Å². The van der Waals surface area contributed by atoms with Crippen LogP contribution in [-0.4, -0.2) is 19.0 Å². The molecule has 116 valence electrons. The van der Waals surface area contributed by atoms with Crippen LogP contribution in [0, 0.1) is 5.92 Å². The van der Waals surface area contributed by atoms with Crippen LogP contribution >= 0.6 is 0 Å². The van der Waals surface area contributed by atoms with E-state index in [0.29, 0.717) is 5.92 Å². The molecular weight excluding hydrogens is 260 g/mol. The number of hydrogen-bond donors (Lipinski definition) is 2. The quantitative estimate of drug-likeness (QED) is 0.808. The van der Waals surface area contributed by atoms with Crippen LogP contribution in [0.3, 0.4) is 0 Å². The molecule has 0 radical (unpaired) electrons. The molecule has 2 rings (SSSR count). The van der Waals surface area contributed by atoms with Crippen LogP contribution < -0.4 is 10.6 Å². The fraction of sp³-hybridized carbons (Fsp3) is 0.611. The number of fused-ring (bicyclic) bond motifs is 1. The fourth-order valence-corrected chi connectivity index (χ4v) is 3.02. The molecule has 0 saturated carbocycles. The zero-order valence-electron chi connectivity index (χ0n) is 13.4. The monoisotopic (exact) mass is 288 g/mol. The summed E-state index contributed by atoms with van der Waals surface area (Å²) in [6.07, 6.45) is 5.78. The number of unbranched alkanes of at least 4 members (excludes halogenated alkanes) is 1. The highest BCUT2D eigenvalue weighted by Gasteiger charge is 2.17. The lowest BCUT2D eigenvalue weighted by atomic mass is 9.94. The molecule has 21 heavy (non-hydrogen) atoms. The molecule has 0 aliphatic carbocycles. The van der Waals surface area contributed by atoms with Gasteiger partial charge in [-0.15, -0.1) is 0 Å². The van der Waals surface area contributed by atoms with Crippen molar-refractivity contribution in [3.8, 4) is 0 Å². The Hall–Kier alpha value is -1.35. The molecular formula is C18H28N2O. The van der Waals surface area contributed by atoms with Crippen LogP contribution in [0.15, 0.2) is 18.2 Å². The van der Waals surface area contributed by atoms with E-state index in [9.17, 15) is 4.79 Å². The van der Waals surface area contributed by atoms with Crippen LogP contribution in [0.4, 0.5) is 0 Å². The highest BCUT2D eigenvalue weighted by Crippen LogP contribution is 2.19. The number of carbonyl (C=O) groups is 1. The minimum absolute atomic E-state index is 0.101. The van der Waals surface area contributed by atoms with Crippen LogP contribution in [0.1, 0.15) is 61.0 Å². The standard InChI is InChI=1S/C18H28N2O/c1-3-5-7-14(4-2)12-20-18(21)17-9-6-8-15-13-19-11-10-16(15)17/h6,8-9,14,19H,3-5,7,10-13H2,1-2H3,(H,20,21). The molecule has 3 heteroatoms. The Morgan fingerprint density at radius 3 is 3.00 bits per heavy atom. The molecule has 1 amide bonds. The third-order valence-electron chi connectivity index (χ3n) is 4.48. The maximum Gasteiger partial charge on any atom is 0.251 e. The maximum atomic E-state index is 12.5. The molecule has 2 N–H and O–H groups in total. The van der Waals surface area contributed by atoms with Gasteiger partial charge in [0.05, 0.1) is 0 Å². The van der Waals surface area contributed by atoms with E-state index in [1.54, 1.807) is 0 Å². The summed E-state index contributed by atoms with van der Waals surface area (Å²) in [5.74, 6) is 0.707. The van der Waals surface area contributed by atoms with Gasteiger partial charge < -0.3 is 10.6 Å². The lowest BCUT2D eigenvalue weighted by Crippen LogP contribution is -2.32. The van der Waals surface area contributed by atoms with Crippen molar-refractivity contribution in [2.24, 2.45) is 5.92 Å². The largest absolute Gasteiger partial charge is 0.352 e. The predicted octanol–water partition coefficient (Wildman–Crippen LogP) is 3.28. The van der Waals surface area contributed by atoms with Crippen molar-refractivity contribution in [1.29, 1.82) is 0 Å². The second-order valence-corrected chi connectivity index (χ2v) is 6.00. The van der Waals surface area contributed by atoms with Crippen LogP contribution in [0.2, 0.25) is 0 Å². The van der Waals surface area contributed by atoms with Crippen molar-refractivity contribution >= 4 is 5.91 Å². The fourth-order valence-electron chi connectivity index (χ4n) is 3.02. The molecule has 0 bridgehead atoms. The molecule has 1 unspecified atom stereocenters. The first-order valence-corrected chi connectivity index (χ1v) is 8.35. The summed E-state index contributed by atoms with van der Waals surface area (Å²) >= 11 is 0. The molecule has 0 aromatic heterocycles. The maximum absolute atomic E-state index is 12.5. The molecule has 1 aromatic rings.